The molecule has 0 atom stereocenters. The largest absolute Gasteiger partial charge is 0.457 e. The standard InChI is InChI=1S/C20H14N2O5/c1-12-5-4-6-13(9-12)26-14-10-16(22(24)25)19-18(11-14)27-17-8-3-2-7-15(17)21-20(19)23/h2-11H,1H3,(H,21,23). The van der Waals surface area contributed by atoms with Crippen molar-refractivity contribution in [1.29, 1.82) is 0 Å². The second kappa shape index (κ2) is 6.45. The van der Waals surface area contributed by atoms with Crippen LogP contribution in [0, 0.1) is 17.0 Å². The Morgan fingerprint density at radius 3 is 2.59 bits per heavy atom. The van der Waals surface area contributed by atoms with Gasteiger partial charge in [-0.15, -0.1) is 0 Å². The summed E-state index contributed by atoms with van der Waals surface area (Å²) in [5.74, 6) is 0.589. The van der Waals surface area contributed by atoms with E-state index in [0.717, 1.165) is 5.56 Å². The first kappa shape index (κ1) is 16.6. The molecule has 0 fully saturated rings. The number of hydrogen-bond acceptors (Lipinski definition) is 5. The predicted molar refractivity (Wildman–Crippen MR) is 98.8 cm³/mol. The molecule has 3 aromatic rings. The molecule has 0 saturated carbocycles. The first-order valence-corrected chi connectivity index (χ1v) is 8.16. The Labute approximate surface area is 154 Å². The molecule has 1 N–H and O–H groups in total. The number of anilines is 1. The van der Waals surface area contributed by atoms with Crippen LogP contribution in [0.5, 0.6) is 23.0 Å². The highest BCUT2D eigenvalue weighted by molar-refractivity contribution is 6.10. The summed E-state index contributed by atoms with van der Waals surface area (Å²) in [6.07, 6.45) is 0. The van der Waals surface area contributed by atoms with Crippen LogP contribution in [0.4, 0.5) is 11.4 Å². The van der Waals surface area contributed by atoms with Crippen molar-refractivity contribution >= 4 is 17.3 Å². The smallest absolute Gasteiger partial charge is 0.289 e. The summed E-state index contributed by atoms with van der Waals surface area (Å²) >= 11 is 0. The number of nitro groups is 1. The number of nitro benzene ring substituents is 1. The minimum absolute atomic E-state index is 0.0642. The zero-order chi connectivity index (χ0) is 19.0. The van der Waals surface area contributed by atoms with E-state index in [9.17, 15) is 14.9 Å². The number of fused-ring (bicyclic) bond motifs is 2. The molecule has 134 valence electrons. The van der Waals surface area contributed by atoms with Gasteiger partial charge in [0.1, 0.15) is 11.5 Å². The Bertz CT molecular complexity index is 1080. The molecule has 0 radical (unpaired) electrons. The second-order valence-corrected chi connectivity index (χ2v) is 6.04. The molecule has 0 aliphatic carbocycles. The molecule has 0 saturated heterocycles. The van der Waals surface area contributed by atoms with Gasteiger partial charge in [-0.25, -0.2) is 0 Å². The van der Waals surface area contributed by atoms with Crippen LogP contribution >= 0.6 is 0 Å². The maximum Gasteiger partial charge on any atom is 0.289 e. The molecule has 0 bridgehead atoms. The van der Waals surface area contributed by atoms with Gasteiger partial charge in [0.15, 0.2) is 17.1 Å². The Hall–Kier alpha value is -3.87. The number of carbonyl (C=O) groups excluding carboxylic acids is 1. The zero-order valence-corrected chi connectivity index (χ0v) is 14.3. The molecule has 1 aliphatic rings. The summed E-state index contributed by atoms with van der Waals surface area (Å²) in [5, 5.41) is 14.2. The van der Waals surface area contributed by atoms with Crippen LogP contribution in [0.25, 0.3) is 0 Å². The van der Waals surface area contributed by atoms with E-state index in [2.05, 4.69) is 5.32 Å². The minimum Gasteiger partial charge on any atom is -0.457 e. The Morgan fingerprint density at radius 1 is 1.00 bits per heavy atom. The van der Waals surface area contributed by atoms with Gasteiger partial charge in [-0.2, -0.15) is 0 Å². The highest BCUT2D eigenvalue weighted by Gasteiger charge is 2.31. The van der Waals surface area contributed by atoms with Crippen molar-refractivity contribution in [2.45, 2.75) is 6.92 Å². The third-order valence-electron chi connectivity index (χ3n) is 4.06. The molecule has 7 nitrogen and oxygen atoms in total. The lowest BCUT2D eigenvalue weighted by atomic mass is 10.1. The normalized spacial score (nSPS) is 12.1. The number of para-hydroxylation sites is 2. The second-order valence-electron chi connectivity index (χ2n) is 6.04. The minimum atomic E-state index is -0.624. The van der Waals surface area contributed by atoms with Gasteiger partial charge in [0, 0.05) is 6.07 Å². The summed E-state index contributed by atoms with van der Waals surface area (Å²) in [6.45, 7) is 1.91. The number of amides is 1. The van der Waals surface area contributed by atoms with Crippen LogP contribution in [0.15, 0.2) is 60.7 Å². The molecule has 1 aliphatic heterocycles. The van der Waals surface area contributed by atoms with E-state index in [1.165, 1.54) is 12.1 Å². The zero-order valence-electron chi connectivity index (χ0n) is 14.3. The number of ether oxygens (including phenoxy) is 2. The van der Waals surface area contributed by atoms with E-state index in [-0.39, 0.29) is 22.7 Å². The van der Waals surface area contributed by atoms with Gasteiger partial charge in [0.25, 0.3) is 11.6 Å². The molecule has 0 spiro atoms. The van der Waals surface area contributed by atoms with Crippen LogP contribution in [0.3, 0.4) is 0 Å². The van der Waals surface area contributed by atoms with Crippen LogP contribution in [0.1, 0.15) is 15.9 Å². The van der Waals surface area contributed by atoms with E-state index in [0.29, 0.717) is 17.2 Å². The van der Waals surface area contributed by atoms with E-state index >= 15 is 0 Å². The third kappa shape index (κ3) is 3.18. The van der Waals surface area contributed by atoms with E-state index in [1.807, 2.05) is 19.1 Å². The number of nitrogens with zero attached hydrogens (tertiary/aromatic N) is 1. The van der Waals surface area contributed by atoms with Crippen LogP contribution in [-0.2, 0) is 0 Å². The van der Waals surface area contributed by atoms with Crippen molar-refractivity contribution in [3.05, 3.63) is 81.9 Å². The number of carbonyl (C=O) groups is 1. The summed E-state index contributed by atoms with van der Waals surface area (Å²) in [5.41, 5.74) is 0.892. The van der Waals surface area contributed by atoms with Crippen molar-refractivity contribution in [2.75, 3.05) is 5.32 Å². The van der Waals surface area contributed by atoms with Gasteiger partial charge in [-0.1, -0.05) is 24.3 Å². The van der Waals surface area contributed by atoms with E-state index < -0.39 is 10.8 Å². The lowest BCUT2D eigenvalue weighted by molar-refractivity contribution is -0.385. The first-order valence-electron chi connectivity index (χ1n) is 8.16. The molecule has 0 aromatic heterocycles. The highest BCUT2D eigenvalue weighted by Crippen LogP contribution is 2.42. The molecule has 1 amide bonds. The number of nitrogens with one attached hydrogen (secondary N) is 1. The van der Waals surface area contributed by atoms with Crippen LogP contribution in [0.2, 0.25) is 0 Å². The van der Waals surface area contributed by atoms with Gasteiger partial charge in [0.05, 0.1) is 16.7 Å². The summed E-state index contributed by atoms with van der Waals surface area (Å²) in [4.78, 5) is 23.5. The Morgan fingerprint density at radius 2 is 1.81 bits per heavy atom. The first-order chi connectivity index (χ1) is 13.0. The van der Waals surface area contributed by atoms with Gasteiger partial charge in [-0.05, 0) is 36.8 Å². The van der Waals surface area contributed by atoms with E-state index in [4.69, 9.17) is 9.47 Å². The van der Waals surface area contributed by atoms with Gasteiger partial charge in [0.2, 0.25) is 0 Å². The lowest BCUT2D eigenvalue weighted by Crippen LogP contribution is -2.13. The van der Waals surface area contributed by atoms with Crippen molar-refractivity contribution in [1.82, 2.24) is 0 Å². The van der Waals surface area contributed by atoms with Gasteiger partial charge >= 0.3 is 0 Å². The SMILES string of the molecule is Cc1cccc(Oc2cc3c(c([N+](=O)[O-])c2)C(=O)Nc2ccccc2O3)c1. The Kier molecular flexibility index (Phi) is 3.97. The number of aryl methyl sites for hydroxylation is 1. The number of rotatable bonds is 3. The molecule has 7 heteroatoms. The molecule has 27 heavy (non-hydrogen) atoms. The fourth-order valence-electron chi connectivity index (χ4n) is 2.86. The van der Waals surface area contributed by atoms with Gasteiger partial charge in [-0.3, -0.25) is 14.9 Å². The molecule has 4 rings (SSSR count). The van der Waals surface area contributed by atoms with Crippen molar-refractivity contribution in [3.63, 3.8) is 0 Å². The molecule has 3 aromatic carbocycles. The average molecular weight is 362 g/mol. The summed E-state index contributed by atoms with van der Waals surface area (Å²) < 4.78 is 11.6. The molecular weight excluding hydrogens is 348 g/mol. The molecule has 0 unspecified atom stereocenters. The van der Waals surface area contributed by atoms with E-state index in [1.54, 1.807) is 36.4 Å². The van der Waals surface area contributed by atoms with Crippen molar-refractivity contribution < 1.29 is 19.2 Å². The maximum atomic E-state index is 12.6. The monoisotopic (exact) mass is 362 g/mol. The fourth-order valence-corrected chi connectivity index (χ4v) is 2.86. The maximum absolute atomic E-state index is 12.6. The Balaban J connectivity index is 1.83. The van der Waals surface area contributed by atoms with Crippen LogP contribution in [-0.4, -0.2) is 10.8 Å². The highest BCUT2D eigenvalue weighted by atomic mass is 16.6. The predicted octanol–water partition coefficient (Wildman–Crippen LogP) is 5.05. The summed E-state index contributed by atoms with van der Waals surface area (Å²) in [6, 6.07) is 16.8. The van der Waals surface area contributed by atoms with Crippen molar-refractivity contribution in [2.24, 2.45) is 0 Å². The quantitative estimate of drug-likeness (QED) is 0.520. The topological polar surface area (TPSA) is 90.7 Å². The average Bonchev–Trinajstić information content (AvgIpc) is 2.76. The fraction of sp³-hybridized carbons (Fsp3) is 0.0500. The number of hydrogen-bond donors (Lipinski definition) is 1. The summed E-state index contributed by atoms with van der Waals surface area (Å²) in [7, 11) is 0. The third-order valence-corrected chi connectivity index (χ3v) is 4.06. The lowest BCUT2D eigenvalue weighted by Gasteiger charge is -2.11. The molecular formula is C20H14N2O5. The number of benzene rings is 3. The molecule has 1 heterocycles. The van der Waals surface area contributed by atoms with Gasteiger partial charge < -0.3 is 14.8 Å². The van der Waals surface area contributed by atoms with Crippen molar-refractivity contribution in [3.8, 4) is 23.0 Å². The van der Waals surface area contributed by atoms with Crippen LogP contribution < -0.4 is 14.8 Å².